The number of ether oxygens (including phenoxy) is 2. The van der Waals surface area contributed by atoms with Crippen LogP contribution < -0.4 is 0 Å². The van der Waals surface area contributed by atoms with Crippen LogP contribution in [0, 0.1) is 12.5 Å². The molecule has 0 aromatic rings. The Balaban J connectivity index is 3.56. The van der Waals surface area contributed by atoms with Crippen molar-refractivity contribution in [3.8, 4) is 12.5 Å². The van der Waals surface area contributed by atoms with Crippen LogP contribution in [0.15, 0.2) is 0 Å². The second kappa shape index (κ2) is 6.95. The molecule has 3 nitrogen and oxygen atoms in total. The van der Waals surface area contributed by atoms with E-state index in [-0.39, 0.29) is 5.04 Å². The lowest BCUT2D eigenvalue weighted by molar-refractivity contribution is 0.0667. The summed E-state index contributed by atoms with van der Waals surface area (Å²) >= 11 is 0. The molecule has 0 N–H and O–H groups in total. The Bertz CT molecular complexity index is 225. The molecule has 0 aromatic heterocycles. The van der Waals surface area contributed by atoms with Crippen molar-refractivity contribution in [1.82, 2.24) is 0 Å². The predicted molar refractivity (Wildman–Crippen MR) is 68.8 cm³/mol. The van der Waals surface area contributed by atoms with Crippen molar-refractivity contribution in [2.45, 2.75) is 38.9 Å². The van der Waals surface area contributed by atoms with Crippen LogP contribution in [0.2, 0.25) is 18.1 Å². The Morgan fingerprint density at radius 3 is 2.12 bits per heavy atom. The smallest absolute Gasteiger partial charge is 0.192 e. The fourth-order valence-electron chi connectivity index (χ4n) is 0.834. The Hall–Kier alpha value is -0.503. The first-order valence-electron chi connectivity index (χ1n) is 5.60. The van der Waals surface area contributed by atoms with Gasteiger partial charge in [-0.15, -0.1) is 0 Å². The van der Waals surface area contributed by atoms with Crippen molar-refractivity contribution in [3.05, 3.63) is 0 Å². The molecule has 0 aromatic carbocycles. The summed E-state index contributed by atoms with van der Waals surface area (Å²) < 4.78 is 16.0. The third-order valence-electron chi connectivity index (χ3n) is 2.91. The van der Waals surface area contributed by atoms with Gasteiger partial charge in [0.25, 0.3) is 0 Å². The molecule has 0 heterocycles. The lowest BCUT2D eigenvalue weighted by Gasteiger charge is -2.36. The fourth-order valence-corrected chi connectivity index (χ4v) is 1.86. The average Bonchev–Trinajstić information content (AvgIpc) is 2.14. The topological polar surface area (TPSA) is 27.7 Å². The highest BCUT2D eigenvalue weighted by atomic mass is 28.4. The molecule has 0 unspecified atom stereocenters. The van der Waals surface area contributed by atoms with Gasteiger partial charge in [-0.05, 0) is 18.1 Å². The van der Waals surface area contributed by atoms with Crippen LogP contribution in [0.5, 0.6) is 0 Å². The summed E-state index contributed by atoms with van der Waals surface area (Å²) in [5.74, 6) is 0. The van der Waals surface area contributed by atoms with Crippen molar-refractivity contribution in [2.75, 3.05) is 26.4 Å². The summed E-state index contributed by atoms with van der Waals surface area (Å²) in [6, 6.07) is 0. The lowest BCUT2D eigenvalue weighted by Crippen LogP contribution is -2.41. The van der Waals surface area contributed by atoms with Crippen LogP contribution in [0.4, 0.5) is 0 Å². The van der Waals surface area contributed by atoms with Gasteiger partial charge in [0.15, 0.2) is 8.32 Å². The number of terminal acetylenes is 1. The van der Waals surface area contributed by atoms with Gasteiger partial charge < -0.3 is 13.9 Å². The number of hydrogen-bond donors (Lipinski definition) is 0. The molecule has 0 saturated carbocycles. The van der Waals surface area contributed by atoms with E-state index in [9.17, 15) is 0 Å². The molecule has 0 aliphatic heterocycles. The molecule has 0 aliphatic rings. The van der Waals surface area contributed by atoms with E-state index in [4.69, 9.17) is 20.3 Å². The van der Waals surface area contributed by atoms with E-state index in [0.29, 0.717) is 26.4 Å². The quantitative estimate of drug-likeness (QED) is 0.391. The van der Waals surface area contributed by atoms with Gasteiger partial charge in [0.2, 0.25) is 0 Å². The maximum absolute atomic E-state index is 5.93. The Morgan fingerprint density at radius 2 is 1.62 bits per heavy atom. The molecule has 94 valence electrons. The normalized spacial score (nSPS) is 12.2. The Kier molecular flexibility index (Phi) is 6.73. The Morgan fingerprint density at radius 1 is 1.06 bits per heavy atom. The van der Waals surface area contributed by atoms with Gasteiger partial charge in [0.05, 0.1) is 19.8 Å². The van der Waals surface area contributed by atoms with Crippen molar-refractivity contribution < 1.29 is 13.9 Å². The van der Waals surface area contributed by atoms with Crippen LogP contribution in [0.1, 0.15) is 20.8 Å². The van der Waals surface area contributed by atoms with E-state index in [1.165, 1.54) is 0 Å². The second-order valence-corrected chi connectivity index (χ2v) is 10.00. The van der Waals surface area contributed by atoms with E-state index in [1.54, 1.807) is 0 Å². The summed E-state index contributed by atoms with van der Waals surface area (Å²) in [4.78, 5) is 0. The van der Waals surface area contributed by atoms with Gasteiger partial charge in [-0.2, -0.15) is 0 Å². The van der Waals surface area contributed by atoms with Gasteiger partial charge in [-0.1, -0.05) is 27.2 Å². The molecular weight excluding hydrogens is 220 g/mol. The van der Waals surface area contributed by atoms with Crippen molar-refractivity contribution in [3.63, 3.8) is 0 Å². The molecule has 0 fully saturated rings. The SMILES string of the molecule is C#COCCOCCO[Si](C)(C)C(C)(C)C. The minimum absolute atomic E-state index is 0.250. The zero-order valence-electron chi connectivity index (χ0n) is 11.1. The molecule has 0 bridgehead atoms. The fraction of sp³-hybridized carbons (Fsp3) is 0.833. The highest BCUT2D eigenvalue weighted by Crippen LogP contribution is 2.36. The highest BCUT2D eigenvalue weighted by Gasteiger charge is 2.36. The zero-order valence-corrected chi connectivity index (χ0v) is 12.1. The molecule has 0 atom stereocenters. The molecular formula is C12H24O3Si. The first kappa shape index (κ1) is 15.5. The van der Waals surface area contributed by atoms with Crippen LogP contribution in [0.25, 0.3) is 0 Å². The standard InChI is InChI=1S/C12H24O3Si/c1-7-13-8-9-14-10-11-15-16(5,6)12(2,3)4/h1H,8-11H2,2-6H3. The van der Waals surface area contributed by atoms with E-state index in [1.807, 2.05) is 0 Å². The summed E-state index contributed by atoms with van der Waals surface area (Å²) in [7, 11) is -1.62. The monoisotopic (exact) mass is 244 g/mol. The largest absolute Gasteiger partial charge is 0.444 e. The third-order valence-corrected chi connectivity index (χ3v) is 7.45. The van der Waals surface area contributed by atoms with Crippen molar-refractivity contribution >= 4 is 8.32 Å². The highest BCUT2D eigenvalue weighted by molar-refractivity contribution is 6.74. The molecule has 0 amide bonds. The summed E-state index contributed by atoms with van der Waals surface area (Å²) in [6.07, 6.45) is 7.03. The van der Waals surface area contributed by atoms with Gasteiger partial charge in [0.1, 0.15) is 12.7 Å². The van der Waals surface area contributed by atoms with Gasteiger partial charge >= 0.3 is 0 Å². The molecule has 0 rings (SSSR count). The lowest BCUT2D eigenvalue weighted by atomic mass is 10.2. The minimum Gasteiger partial charge on any atom is -0.444 e. The summed E-state index contributed by atoms with van der Waals surface area (Å²) in [6.45, 7) is 13.3. The van der Waals surface area contributed by atoms with Gasteiger partial charge in [-0.3, -0.25) is 0 Å². The summed E-state index contributed by atoms with van der Waals surface area (Å²) in [5, 5.41) is 0.250. The molecule has 0 radical (unpaired) electrons. The van der Waals surface area contributed by atoms with Crippen LogP contribution >= 0.6 is 0 Å². The molecule has 0 spiro atoms. The number of hydrogen-bond acceptors (Lipinski definition) is 3. The Labute approximate surface area is 101 Å². The molecule has 0 saturated heterocycles. The number of rotatable bonds is 7. The minimum atomic E-state index is -1.62. The average molecular weight is 244 g/mol. The van der Waals surface area contributed by atoms with E-state index in [0.717, 1.165) is 0 Å². The summed E-state index contributed by atoms with van der Waals surface area (Å²) in [5.41, 5.74) is 0. The van der Waals surface area contributed by atoms with E-state index >= 15 is 0 Å². The first-order chi connectivity index (χ1) is 7.31. The molecule has 4 heteroatoms. The van der Waals surface area contributed by atoms with Crippen LogP contribution in [-0.2, 0) is 13.9 Å². The van der Waals surface area contributed by atoms with Gasteiger partial charge in [0, 0.05) is 0 Å². The van der Waals surface area contributed by atoms with Crippen LogP contribution in [0.3, 0.4) is 0 Å². The third kappa shape index (κ3) is 6.16. The maximum atomic E-state index is 5.93. The maximum Gasteiger partial charge on any atom is 0.192 e. The van der Waals surface area contributed by atoms with Crippen molar-refractivity contribution in [1.29, 1.82) is 0 Å². The molecule has 16 heavy (non-hydrogen) atoms. The second-order valence-electron chi connectivity index (χ2n) is 5.19. The van der Waals surface area contributed by atoms with Crippen LogP contribution in [-0.4, -0.2) is 34.7 Å². The van der Waals surface area contributed by atoms with Gasteiger partial charge in [-0.25, -0.2) is 0 Å². The first-order valence-corrected chi connectivity index (χ1v) is 8.51. The van der Waals surface area contributed by atoms with Crippen molar-refractivity contribution in [2.24, 2.45) is 0 Å². The molecule has 0 aliphatic carbocycles. The zero-order chi connectivity index (χ0) is 12.7. The predicted octanol–water partition coefficient (Wildman–Crippen LogP) is 2.63. The van der Waals surface area contributed by atoms with E-state index in [2.05, 4.69) is 40.0 Å². The van der Waals surface area contributed by atoms with E-state index < -0.39 is 8.32 Å².